The average Bonchev–Trinajstić information content (AvgIpc) is 3.63. The van der Waals surface area contributed by atoms with Crippen molar-refractivity contribution in [2.75, 3.05) is 20.1 Å². The highest BCUT2D eigenvalue weighted by atomic mass is 79.9. The number of fused-ring (bicyclic) bond motifs is 5. The van der Waals surface area contributed by atoms with E-state index in [-0.39, 0.29) is 24.4 Å². The lowest BCUT2D eigenvalue weighted by atomic mass is 9.78. The molecule has 7 rings (SSSR count). The van der Waals surface area contributed by atoms with Gasteiger partial charge in [-0.2, -0.15) is 0 Å². The third-order valence-corrected chi connectivity index (χ3v) is 11.0. The summed E-state index contributed by atoms with van der Waals surface area (Å²) in [5.74, 6) is -4.36. The molecule has 0 unspecified atom stereocenters. The minimum absolute atomic E-state index is 0.0123. The van der Waals surface area contributed by atoms with Gasteiger partial charge in [-0.05, 0) is 83.4 Å². The van der Waals surface area contributed by atoms with E-state index in [2.05, 4.69) is 26.2 Å². The van der Waals surface area contributed by atoms with Gasteiger partial charge in [0.05, 0.1) is 4.60 Å². The summed E-state index contributed by atoms with van der Waals surface area (Å²) in [6, 6.07) is 4.19. The highest BCUT2D eigenvalue weighted by Gasteiger charge is 2.72. The molecule has 0 spiro atoms. The summed E-state index contributed by atoms with van der Waals surface area (Å²) < 4.78 is 7.30. The minimum atomic E-state index is -2.11. The quantitative estimate of drug-likeness (QED) is 0.383. The van der Waals surface area contributed by atoms with Crippen LogP contribution in [0.3, 0.4) is 0 Å². The molecule has 3 fully saturated rings. The summed E-state index contributed by atoms with van der Waals surface area (Å²) in [7, 11) is 1.87. The number of nitrogens with one attached hydrogen (secondary N) is 2. The molecule has 12 heteroatoms. The zero-order valence-corrected chi connectivity index (χ0v) is 27.3. The fourth-order valence-electron chi connectivity index (χ4n) is 8.19. The van der Waals surface area contributed by atoms with Gasteiger partial charge in [0.25, 0.3) is 17.7 Å². The number of ether oxygens (including phenoxy) is 1. The topological polar surface area (TPSA) is 138 Å². The number of halogens is 1. The van der Waals surface area contributed by atoms with Gasteiger partial charge in [-0.3, -0.25) is 28.9 Å². The lowest BCUT2D eigenvalue weighted by molar-refractivity contribution is -0.322. The molecule has 1 aromatic heterocycles. The Morgan fingerprint density at radius 1 is 1.23 bits per heavy atom. The van der Waals surface area contributed by atoms with Crippen molar-refractivity contribution in [3.05, 3.63) is 40.0 Å². The number of carbonyl (C=O) groups excluding carboxylic acids is 3. The zero-order valence-electron chi connectivity index (χ0n) is 25.7. The van der Waals surface area contributed by atoms with Gasteiger partial charge in [0.2, 0.25) is 11.6 Å². The van der Waals surface area contributed by atoms with Gasteiger partial charge in [0.1, 0.15) is 12.1 Å². The molecule has 3 saturated heterocycles. The van der Waals surface area contributed by atoms with Crippen molar-refractivity contribution in [3.63, 3.8) is 0 Å². The van der Waals surface area contributed by atoms with Crippen LogP contribution in [0.1, 0.15) is 58.1 Å². The summed E-state index contributed by atoms with van der Waals surface area (Å²) in [6.07, 6.45) is 3.79. The average molecular weight is 671 g/mol. The van der Waals surface area contributed by atoms with Crippen LogP contribution in [-0.2, 0) is 25.5 Å². The lowest BCUT2D eigenvalue weighted by Gasteiger charge is -2.49. The van der Waals surface area contributed by atoms with Crippen molar-refractivity contribution < 1.29 is 29.3 Å². The number of likely N-dealkylation sites (N-methyl/N-ethyl adjacent to an activating group) is 1. The van der Waals surface area contributed by atoms with E-state index in [1.165, 1.54) is 4.90 Å². The Balaban J connectivity index is 1.28. The molecule has 1 aliphatic carbocycles. The largest absolute Gasteiger partial charge is 0.375 e. The first kappa shape index (κ1) is 29.9. The molecule has 1 aromatic carbocycles. The molecule has 6 atom stereocenters. The van der Waals surface area contributed by atoms with Gasteiger partial charge in [-0.1, -0.05) is 39.8 Å². The Morgan fingerprint density at radius 2 is 1.98 bits per heavy atom. The first-order valence-electron chi connectivity index (χ1n) is 15.6. The number of hydrogen-bond donors (Lipinski definition) is 4. The van der Waals surface area contributed by atoms with Crippen molar-refractivity contribution in [1.29, 1.82) is 0 Å². The van der Waals surface area contributed by atoms with Crippen LogP contribution in [0.5, 0.6) is 0 Å². The number of aromatic amines is 1. The van der Waals surface area contributed by atoms with Crippen molar-refractivity contribution in [2.24, 2.45) is 11.8 Å². The number of amides is 3. The first-order chi connectivity index (χ1) is 20.7. The van der Waals surface area contributed by atoms with E-state index < -0.39 is 47.1 Å². The second-order valence-corrected chi connectivity index (χ2v) is 14.7. The van der Waals surface area contributed by atoms with Crippen LogP contribution in [0.2, 0.25) is 0 Å². The number of hydrogen-bond acceptors (Lipinski definition) is 7. The fraction of sp³-hybridized carbons (Fsp3) is 0.594. The standard InChI is InChI=1S/C32H40BrN5O6/c1-16(2)12-23-27(39)37-11-7-10-24(37)32(43)38(23)29(41)31(44-32,17(3)4)35-28(40)30(42)14-20-18-8-6-9-21-25(18)19(26(33)34-21)13-22(20)36(5)15-30/h6,8-9,14,16-17,22-24,34,42-43H,7,10-13,15H2,1-5H3,(H,35,40)/t22-,23+,24+,30+,31-,32+/m1/s1. The zero-order chi connectivity index (χ0) is 31.5. The molecule has 3 amide bonds. The summed E-state index contributed by atoms with van der Waals surface area (Å²) >= 11 is 3.66. The Morgan fingerprint density at radius 3 is 2.68 bits per heavy atom. The van der Waals surface area contributed by atoms with Crippen LogP contribution in [0.25, 0.3) is 16.5 Å². The number of nitrogens with zero attached hydrogens (tertiary/aromatic N) is 3. The summed E-state index contributed by atoms with van der Waals surface area (Å²) in [5, 5.41) is 28.0. The molecule has 236 valence electrons. The van der Waals surface area contributed by atoms with E-state index in [1.54, 1.807) is 24.8 Å². The van der Waals surface area contributed by atoms with E-state index in [0.717, 1.165) is 32.2 Å². The minimum Gasteiger partial charge on any atom is -0.375 e. The van der Waals surface area contributed by atoms with Crippen LogP contribution < -0.4 is 5.32 Å². The summed E-state index contributed by atoms with van der Waals surface area (Å²) in [6.45, 7) is 7.83. The Hall–Kier alpha value is -2.77. The smallest absolute Gasteiger partial charge is 0.281 e. The number of aromatic nitrogens is 1. The third-order valence-electron chi connectivity index (χ3n) is 10.3. The summed E-state index contributed by atoms with van der Waals surface area (Å²) in [5.41, 5.74) is -0.113. The second-order valence-electron chi connectivity index (χ2n) is 13.9. The third kappa shape index (κ3) is 3.97. The number of H-pyrrole nitrogens is 1. The molecule has 4 aliphatic heterocycles. The van der Waals surface area contributed by atoms with Gasteiger partial charge in [0.15, 0.2) is 5.60 Å². The number of carbonyl (C=O) groups is 3. The van der Waals surface area contributed by atoms with E-state index in [9.17, 15) is 24.6 Å². The number of benzene rings is 1. The Kier molecular flexibility index (Phi) is 6.71. The molecule has 11 nitrogen and oxygen atoms in total. The molecule has 0 saturated carbocycles. The number of aliphatic hydroxyl groups is 2. The van der Waals surface area contributed by atoms with Crippen LogP contribution >= 0.6 is 15.9 Å². The van der Waals surface area contributed by atoms with Crippen LogP contribution in [-0.4, -0.2) is 103 Å². The molecular weight excluding hydrogens is 630 g/mol. The first-order valence-corrected chi connectivity index (χ1v) is 16.4. The predicted molar refractivity (Wildman–Crippen MR) is 166 cm³/mol. The fourth-order valence-corrected chi connectivity index (χ4v) is 8.76. The molecule has 5 aliphatic rings. The highest BCUT2D eigenvalue weighted by molar-refractivity contribution is 9.10. The van der Waals surface area contributed by atoms with Crippen LogP contribution in [0, 0.1) is 11.8 Å². The van der Waals surface area contributed by atoms with Crippen molar-refractivity contribution >= 4 is 50.1 Å². The molecule has 0 bridgehead atoms. The van der Waals surface area contributed by atoms with E-state index >= 15 is 0 Å². The van der Waals surface area contributed by atoms with Gasteiger partial charge in [-0.15, -0.1) is 0 Å². The molecule has 0 radical (unpaired) electrons. The second kappa shape index (κ2) is 9.86. The molecule has 2 aromatic rings. The normalized spacial score (nSPS) is 35.0. The highest BCUT2D eigenvalue weighted by Crippen LogP contribution is 2.49. The van der Waals surface area contributed by atoms with Gasteiger partial charge in [0, 0.05) is 36.0 Å². The van der Waals surface area contributed by atoms with Gasteiger partial charge < -0.3 is 25.4 Å². The Bertz CT molecular complexity index is 1620. The predicted octanol–water partition coefficient (Wildman–Crippen LogP) is 2.31. The lowest BCUT2D eigenvalue weighted by Crippen LogP contribution is -2.71. The molecule has 44 heavy (non-hydrogen) atoms. The van der Waals surface area contributed by atoms with E-state index in [0.29, 0.717) is 32.2 Å². The van der Waals surface area contributed by atoms with E-state index in [4.69, 9.17) is 4.74 Å². The molecular formula is C32H40BrN5O6. The summed E-state index contributed by atoms with van der Waals surface area (Å²) in [4.78, 5) is 50.5. The van der Waals surface area contributed by atoms with Crippen molar-refractivity contribution in [2.45, 2.75) is 88.7 Å². The maximum atomic E-state index is 14.5. The van der Waals surface area contributed by atoms with Gasteiger partial charge >= 0.3 is 0 Å². The maximum absolute atomic E-state index is 14.5. The van der Waals surface area contributed by atoms with Crippen molar-refractivity contribution in [3.8, 4) is 0 Å². The van der Waals surface area contributed by atoms with E-state index in [1.807, 2.05) is 44.0 Å². The van der Waals surface area contributed by atoms with Gasteiger partial charge in [-0.25, -0.2) is 0 Å². The van der Waals surface area contributed by atoms with Crippen molar-refractivity contribution in [1.82, 2.24) is 25.0 Å². The van der Waals surface area contributed by atoms with Crippen LogP contribution in [0.4, 0.5) is 0 Å². The number of β-amino-alcohol motifs (C(OH)–C–C–N with tert-alkyl or cyclic N) is 1. The number of rotatable bonds is 5. The van der Waals surface area contributed by atoms with Crippen LogP contribution in [0.15, 0.2) is 28.9 Å². The Labute approximate surface area is 264 Å². The molecule has 4 N–H and O–H groups in total. The SMILES string of the molecule is CC(C)C[C@H]1C(=O)N2CCC[C@H]2[C@]2(O)O[C@](NC(=O)[C@]3(O)C=C4c5cccc6[nH]c(Br)c(c56)C[C@H]4N(C)C3)(C(C)C)C(=O)N12. The molecule has 5 heterocycles. The number of piperazine rings is 1. The monoisotopic (exact) mass is 669 g/mol. The maximum Gasteiger partial charge on any atom is 0.281 e.